The van der Waals surface area contributed by atoms with Gasteiger partial charge in [0.2, 0.25) is 6.29 Å². The van der Waals surface area contributed by atoms with Crippen LogP contribution < -0.4 is 5.32 Å². The Morgan fingerprint density at radius 2 is 1.85 bits per heavy atom. The Balaban J connectivity index is 2.22. The van der Waals surface area contributed by atoms with Gasteiger partial charge in [-0.15, -0.1) is 0 Å². The van der Waals surface area contributed by atoms with Crippen LogP contribution >= 0.6 is 0 Å². The van der Waals surface area contributed by atoms with E-state index in [0.717, 1.165) is 51.4 Å². The fraction of sp³-hybridized carbons (Fsp3) is 0.850. The lowest BCUT2D eigenvalue weighted by Crippen LogP contribution is -2.40. The van der Waals surface area contributed by atoms with Crippen molar-refractivity contribution in [3.8, 4) is 0 Å². The van der Waals surface area contributed by atoms with Crippen molar-refractivity contribution in [3.05, 3.63) is 0 Å². The molecule has 1 aliphatic rings. The van der Waals surface area contributed by atoms with E-state index >= 15 is 0 Å². The number of unbranched alkanes of at least 4 members (excludes halogenated alkanes) is 1. The zero-order valence-electron chi connectivity index (χ0n) is 16.9. The summed E-state index contributed by atoms with van der Waals surface area (Å²) in [5.74, 6) is -0.00706. The van der Waals surface area contributed by atoms with Crippen LogP contribution in [0.15, 0.2) is 0 Å². The van der Waals surface area contributed by atoms with Crippen molar-refractivity contribution in [1.82, 2.24) is 5.32 Å². The Morgan fingerprint density at radius 1 is 1.11 bits per heavy atom. The van der Waals surface area contributed by atoms with Crippen LogP contribution in [-0.2, 0) is 19.1 Å². The molecule has 0 aromatic heterocycles. The number of carbonyl (C=O) groups is 3. The molecule has 7 heteroatoms. The van der Waals surface area contributed by atoms with E-state index in [4.69, 9.17) is 14.6 Å². The first-order chi connectivity index (χ1) is 12.8. The second-order valence-corrected chi connectivity index (χ2v) is 7.78. The number of carboxylic acid groups (broad SMARTS) is 1. The van der Waals surface area contributed by atoms with Crippen LogP contribution in [0, 0.1) is 11.8 Å². The Morgan fingerprint density at radius 3 is 2.52 bits per heavy atom. The third-order valence-corrected chi connectivity index (χ3v) is 5.11. The maximum atomic E-state index is 11.9. The van der Waals surface area contributed by atoms with Crippen molar-refractivity contribution < 1.29 is 29.0 Å². The molecule has 1 aliphatic carbocycles. The van der Waals surface area contributed by atoms with Gasteiger partial charge in [0.05, 0.1) is 0 Å². The minimum absolute atomic E-state index is 0.103. The standard InChI is InChI=1S/C20H35NO6/c1-14(7-4-5-10-19(23)24)11-12-17-8-6-9-18(13-17)21-20(25)27-16(3)26-15(2)22/h14,16-18H,4-13H2,1-3H3,(H,21,25)(H,23,24)/t14-,16-,17?,18?/m1/s1. The van der Waals surface area contributed by atoms with Crippen LogP contribution in [0.1, 0.15) is 85.0 Å². The van der Waals surface area contributed by atoms with Crippen molar-refractivity contribution in [2.24, 2.45) is 11.8 Å². The zero-order chi connectivity index (χ0) is 20.2. The second-order valence-electron chi connectivity index (χ2n) is 7.78. The number of rotatable bonds is 11. The second kappa shape index (κ2) is 12.6. The quantitative estimate of drug-likeness (QED) is 0.313. The summed E-state index contributed by atoms with van der Waals surface area (Å²) in [5.41, 5.74) is 0. The average molecular weight is 386 g/mol. The van der Waals surface area contributed by atoms with E-state index in [1.807, 2.05) is 0 Å². The molecule has 2 N–H and O–H groups in total. The van der Waals surface area contributed by atoms with Gasteiger partial charge in [0, 0.05) is 26.3 Å². The Labute approximate surface area is 162 Å². The Bertz CT molecular complexity index is 481. The largest absolute Gasteiger partial charge is 0.481 e. The number of alkyl carbamates (subject to hydrolysis) is 1. The van der Waals surface area contributed by atoms with Gasteiger partial charge in [-0.2, -0.15) is 0 Å². The normalized spacial score (nSPS) is 21.7. The van der Waals surface area contributed by atoms with Crippen molar-refractivity contribution in [3.63, 3.8) is 0 Å². The summed E-state index contributed by atoms with van der Waals surface area (Å²) >= 11 is 0. The van der Waals surface area contributed by atoms with E-state index in [1.54, 1.807) is 0 Å². The smallest absolute Gasteiger partial charge is 0.410 e. The van der Waals surface area contributed by atoms with Gasteiger partial charge in [-0.05, 0) is 31.1 Å². The van der Waals surface area contributed by atoms with Crippen LogP contribution in [-0.4, -0.2) is 35.5 Å². The molecule has 156 valence electrons. The van der Waals surface area contributed by atoms with E-state index in [0.29, 0.717) is 11.8 Å². The van der Waals surface area contributed by atoms with Gasteiger partial charge in [-0.3, -0.25) is 9.59 Å². The van der Waals surface area contributed by atoms with Crippen LogP contribution in [0.25, 0.3) is 0 Å². The Hall–Kier alpha value is -1.79. The van der Waals surface area contributed by atoms with Crippen LogP contribution in [0.2, 0.25) is 0 Å². The first-order valence-electron chi connectivity index (χ1n) is 10.1. The molecule has 0 aromatic rings. The summed E-state index contributed by atoms with van der Waals surface area (Å²) in [6, 6.07) is 0.103. The van der Waals surface area contributed by atoms with Gasteiger partial charge < -0.3 is 19.9 Å². The highest BCUT2D eigenvalue weighted by Gasteiger charge is 2.24. The van der Waals surface area contributed by atoms with Gasteiger partial charge in [-0.1, -0.05) is 45.4 Å². The van der Waals surface area contributed by atoms with Gasteiger partial charge in [-0.25, -0.2) is 4.79 Å². The SMILES string of the molecule is CC(=O)O[C@@H](C)OC(=O)NC1CCCC(CC[C@H](C)CCCCC(=O)O)C1. The molecule has 0 spiro atoms. The van der Waals surface area contributed by atoms with Crippen LogP contribution in [0.4, 0.5) is 4.79 Å². The molecule has 1 fully saturated rings. The predicted molar refractivity (Wildman–Crippen MR) is 101 cm³/mol. The molecular formula is C20H35NO6. The number of nitrogens with one attached hydrogen (secondary N) is 1. The molecule has 2 unspecified atom stereocenters. The molecule has 1 saturated carbocycles. The molecule has 27 heavy (non-hydrogen) atoms. The zero-order valence-corrected chi connectivity index (χ0v) is 16.9. The first-order valence-corrected chi connectivity index (χ1v) is 10.1. The lowest BCUT2D eigenvalue weighted by atomic mass is 9.81. The van der Waals surface area contributed by atoms with E-state index in [9.17, 15) is 14.4 Å². The topological polar surface area (TPSA) is 102 Å². The summed E-state index contributed by atoms with van der Waals surface area (Å²) in [6.07, 6.45) is 8.06. The number of aliphatic carboxylic acids is 1. The molecule has 0 aromatic carbocycles. The third-order valence-electron chi connectivity index (χ3n) is 5.11. The number of carbonyl (C=O) groups excluding carboxylic acids is 2. The van der Waals surface area contributed by atoms with Crippen LogP contribution in [0.3, 0.4) is 0 Å². The number of hydrogen-bond donors (Lipinski definition) is 2. The Kier molecular flexibility index (Phi) is 10.8. The predicted octanol–water partition coefficient (Wildman–Crippen LogP) is 4.24. The maximum absolute atomic E-state index is 11.9. The van der Waals surface area contributed by atoms with Crippen molar-refractivity contribution in [2.75, 3.05) is 0 Å². The fourth-order valence-corrected chi connectivity index (χ4v) is 3.73. The highest BCUT2D eigenvalue weighted by Crippen LogP contribution is 2.30. The van der Waals surface area contributed by atoms with E-state index < -0.39 is 24.3 Å². The number of hydrogen-bond acceptors (Lipinski definition) is 5. The summed E-state index contributed by atoms with van der Waals surface area (Å²) < 4.78 is 9.83. The summed E-state index contributed by atoms with van der Waals surface area (Å²) in [7, 11) is 0. The van der Waals surface area contributed by atoms with Crippen molar-refractivity contribution in [2.45, 2.75) is 97.3 Å². The minimum atomic E-state index is -0.885. The number of ether oxygens (including phenoxy) is 2. The molecule has 4 atom stereocenters. The van der Waals surface area contributed by atoms with E-state index in [1.165, 1.54) is 20.3 Å². The molecule has 1 rings (SSSR count). The summed E-state index contributed by atoms with van der Waals surface area (Å²) in [5, 5.41) is 11.6. The first kappa shape index (κ1) is 23.2. The van der Waals surface area contributed by atoms with Crippen molar-refractivity contribution >= 4 is 18.0 Å². The van der Waals surface area contributed by atoms with Gasteiger partial charge >= 0.3 is 18.0 Å². The van der Waals surface area contributed by atoms with Gasteiger partial charge in [0.25, 0.3) is 0 Å². The summed E-state index contributed by atoms with van der Waals surface area (Å²) in [6.45, 7) is 5.02. The van der Waals surface area contributed by atoms with Gasteiger partial charge in [0.15, 0.2) is 0 Å². The number of amides is 1. The highest BCUT2D eigenvalue weighted by atomic mass is 16.7. The number of esters is 1. The summed E-state index contributed by atoms with van der Waals surface area (Å²) in [4.78, 5) is 33.3. The number of carboxylic acids is 1. The third kappa shape index (κ3) is 11.5. The lowest BCUT2D eigenvalue weighted by Gasteiger charge is -2.30. The van der Waals surface area contributed by atoms with E-state index in [2.05, 4.69) is 12.2 Å². The molecule has 1 amide bonds. The molecule has 0 saturated heterocycles. The fourth-order valence-electron chi connectivity index (χ4n) is 3.73. The van der Waals surface area contributed by atoms with Gasteiger partial charge in [0.1, 0.15) is 0 Å². The van der Waals surface area contributed by atoms with E-state index in [-0.39, 0.29) is 12.5 Å². The molecule has 7 nitrogen and oxygen atoms in total. The van der Waals surface area contributed by atoms with Crippen molar-refractivity contribution in [1.29, 1.82) is 0 Å². The monoisotopic (exact) mass is 385 g/mol. The molecule has 0 radical (unpaired) electrons. The van der Waals surface area contributed by atoms with Crippen LogP contribution in [0.5, 0.6) is 0 Å². The average Bonchev–Trinajstić information content (AvgIpc) is 2.56. The molecule has 0 heterocycles. The minimum Gasteiger partial charge on any atom is -0.481 e. The molecule has 0 bridgehead atoms. The molecular weight excluding hydrogens is 350 g/mol. The highest BCUT2D eigenvalue weighted by molar-refractivity contribution is 5.69. The maximum Gasteiger partial charge on any atom is 0.410 e. The molecule has 0 aliphatic heterocycles. The lowest BCUT2D eigenvalue weighted by molar-refractivity contribution is -0.162.